The minimum absolute atomic E-state index is 0.0685. The van der Waals surface area contributed by atoms with Crippen molar-refractivity contribution < 1.29 is 23.5 Å². The minimum atomic E-state index is -0.905. The molecule has 0 saturated carbocycles. The van der Waals surface area contributed by atoms with Crippen molar-refractivity contribution in [2.75, 3.05) is 71.0 Å². The van der Waals surface area contributed by atoms with E-state index in [4.69, 9.17) is 4.74 Å². The van der Waals surface area contributed by atoms with Gasteiger partial charge in [-0.05, 0) is 49.9 Å². The molecule has 4 fully saturated rings. The molecule has 0 bridgehead atoms. The Morgan fingerprint density at radius 3 is 2.30 bits per heavy atom. The van der Waals surface area contributed by atoms with Crippen LogP contribution in [0, 0.1) is 11.2 Å². The Bertz CT molecular complexity index is 1010. The van der Waals surface area contributed by atoms with Crippen molar-refractivity contribution in [1.29, 1.82) is 0 Å². The zero-order valence-electron chi connectivity index (χ0n) is 21.9. The number of amides is 3. The number of anilines is 1. The third-order valence-electron chi connectivity index (χ3n) is 9.01. The number of benzene rings is 1. The first-order valence-electron chi connectivity index (χ1n) is 13.4. The fourth-order valence-corrected chi connectivity index (χ4v) is 6.27. The number of nitrogens with one attached hydrogen (secondary N) is 1. The summed E-state index contributed by atoms with van der Waals surface area (Å²) >= 11 is 0. The van der Waals surface area contributed by atoms with Crippen molar-refractivity contribution in [3.63, 3.8) is 0 Å². The van der Waals surface area contributed by atoms with Crippen molar-refractivity contribution in [3.05, 3.63) is 30.1 Å². The highest BCUT2D eigenvalue weighted by atomic mass is 19.1. The number of likely N-dealkylation sites (tertiary alicyclic amines) is 1. The molecule has 5 rings (SSSR count). The van der Waals surface area contributed by atoms with Crippen molar-refractivity contribution in [2.24, 2.45) is 5.41 Å². The quantitative estimate of drug-likeness (QED) is 0.611. The normalized spacial score (nSPS) is 25.1. The summed E-state index contributed by atoms with van der Waals surface area (Å²) in [6.07, 6.45) is 3.03. The first-order valence-corrected chi connectivity index (χ1v) is 13.4. The average Bonchev–Trinajstić information content (AvgIpc) is 3.17. The van der Waals surface area contributed by atoms with Gasteiger partial charge in [-0.3, -0.25) is 19.3 Å². The van der Waals surface area contributed by atoms with Crippen LogP contribution in [0.3, 0.4) is 0 Å². The number of ether oxygens (including phenoxy) is 1. The molecule has 1 N–H and O–H groups in total. The number of carbonyl (C=O) groups is 3. The fraction of sp³-hybridized carbons (Fsp3) is 0.667. The molecule has 1 aromatic rings. The molecule has 0 aliphatic carbocycles. The summed E-state index contributed by atoms with van der Waals surface area (Å²) in [6, 6.07) is 6.83. The summed E-state index contributed by atoms with van der Waals surface area (Å²) < 4.78 is 18.5. The van der Waals surface area contributed by atoms with Crippen LogP contribution in [0.4, 0.5) is 10.1 Å². The first-order chi connectivity index (χ1) is 17.7. The van der Waals surface area contributed by atoms with Gasteiger partial charge in [0.1, 0.15) is 5.82 Å². The molecule has 4 aliphatic heterocycles. The smallest absolute Gasteiger partial charge is 0.253 e. The molecule has 0 radical (unpaired) electrons. The molecule has 4 aliphatic rings. The number of halogens is 1. The highest BCUT2D eigenvalue weighted by Gasteiger charge is 2.55. The molecule has 1 aromatic carbocycles. The van der Waals surface area contributed by atoms with Gasteiger partial charge >= 0.3 is 0 Å². The lowest BCUT2D eigenvalue weighted by atomic mass is 9.75. The molecular weight excluding hydrogens is 477 g/mol. The van der Waals surface area contributed by atoms with Crippen LogP contribution in [0.25, 0.3) is 0 Å². The van der Waals surface area contributed by atoms with Crippen LogP contribution < -0.4 is 10.2 Å². The van der Waals surface area contributed by atoms with E-state index in [-0.39, 0.29) is 42.8 Å². The Morgan fingerprint density at radius 2 is 1.73 bits per heavy atom. The summed E-state index contributed by atoms with van der Waals surface area (Å²) in [4.78, 5) is 46.4. The van der Waals surface area contributed by atoms with E-state index in [0.717, 1.165) is 51.3 Å². The Morgan fingerprint density at radius 1 is 1.08 bits per heavy atom. The number of nitrogens with zero attached hydrogens (tertiary/aromatic N) is 4. The molecule has 4 saturated heterocycles. The van der Waals surface area contributed by atoms with E-state index in [1.54, 1.807) is 7.05 Å². The molecule has 202 valence electrons. The summed E-state index contributed by atoms with van der Waals surface area (Å²) in [5.41, 5.74) is -0.254. The summed E-state index contributed by atoms with van der Waals surface area (Å²) in [5.74, 6) is -0.317. The largest absolute Gasteiger partial charge is 0.375 e. The molecular formula is C27H38FN5O4. The second-order valence-corrected chi connectivity index (χ2v) is 11.1. The van der Waals surface area contributed by atoms with Gasteiger partial charge in [0.25, 0.3) is 5.91 Å². The topological polar surface area (TPSA) is 85.4 Å². The first kappa shape index (κ1) is 25.9. The number of hydrogen-bond donors (Lipinski definition) is 1. The SMILES string of the molecule is CC(=O)N(C)C1(C(=O)N2CCC3(CC2)C[C@H](CCN2CCN(c4ccc(F)cc4)CC2)NC3=O)COC1. The maximum absolute atomic E-state index is 13.3. The Kier molecular flexibility index (Phi) is 7.15. The number of rotatable bonds is 6. The zero-order chi connectivity index (χ0) is 26.2. The van der Waals surface area contributed by atoms with Crippen LogP contribution in [-0.4, -0.2) is 110 Å². The zero-order valence-corrected chi connectivity index (χ0v) is 21.9. The van der Waals surface area contributed by atoms with Gasteiger partial charge in [-0.2, -0.15) is 0 Å². The van der Waals surface area contributed by atoms with Crippen LogP contribution in [-0.2, 0) is 19.1 Å². The lowest BCUT2D eigenvalue weighted by Gasteiger charge is -2.49. The Hall–Kier alpha value is -2.72. The fourth-order valence-electron chi connectivity index (χ4n) is 6.27. The molecule has 0 aromatic heterocycles. The van der Waals surface area contributed by atoms with E-state index in [1.165, 1.54) is 24.0 Å². The summed E-state index contributed by atoms with van der Waals surface area (Å²) in [6.45, 7) is 7.60. The number of piperidine rings is 1. The van der Waals surface area contributed by atoms with Crippen molar-refractivity contribution in [1.82, 2.24) is 20.0 Å². The van der Waals surface area contributed by atoms with Crippen LogP contribution >= 0.6 is 0 Å². The lowest BCUT2D eigenvalue weighted by Crippen LogP contribution is -2.71. The van der Waals surface area contributed by atoms with Gasteiger partial charge in [0.15, 0.2) is 5.54 Å². The molecule has 4 heterocycles. The third kappa shape index (κ3) is 4.93. The molecule has 37 heavy (non-hydrogen) atoms. The molecule has 10 heteroatoms. The second-order valence-electron chi connectivity index (χ2n) is 11.1. The van der Waals surface area contributed by atoms with Crippen molar-refractivity contribution >= 4 is 23.4 Å². The highest BCUT2D eigenvalue weighted by molar-refractivity contribution is 5.92. The molecule has 3 amide bonds. The maximum atomic E-state index is 13.3. The number of likely N-dealkylation sites (N-methyl/N-ethyl adjacent to an activating group) is 1. The van der Waals surface area contributed by atoms with Crippen LogP contribution in [0.2, 0.25) is 0 Å². The van der Waals surface area contributed by atoms with E-state index >= 15 is 0 Å². The maximum Gasteiger partial charge on any atom is 0.253 e. The van der Waals surface area contributed by atoms with E-state index in [9.17, 15) is 18.8 Å². The monoisotopic (exact) mass is 515 g/mol. The molecule has 1 spiro atoms. The summed E-state index contributed by atoms with van der Waals surface area (Å²) in [5, 5.41) is 3.24. The van der Waals surface area contributed by atoms with E-state index < -0.39 is 11.0 Å². The van der Waals surface area contributed by atoms with E-state index in [1.807, 2.05) is 17.0 Å². The Labute approximate surface area is 217 Å². The molecule has 9 nitrogen and oxygen atoms in total. The summed E-state index contributed by atoms with van der Waals surface area (Å²) in [7, 11) is 1.66. The predicted octanol–water partition coefficient (Wildman–Crippen LogP) is 1.08. The number of carbonyl (C=O) groups excluding carboxylic acids is 3. The van der Waals surface area contributed by atoms with Crippen LogP contribution in [0.5, 0.6) is 0 Å². The second kappa shape index (κ2) is 10.2. The molecule has 1 atom stereocenters. The highest BCUT2D eigenvalue weighted by Crippen LogP contribution is 2.42. The van der Waals surface area contributed by atoms with Crippen LogP contribution in [0.15, 0.2) is 24.3 Å². The van der Waals surface area contributed by atoms with Gasteiger partial charge in [0.05, 0.1) is 18.6 Å². The number of hydrogen-bond acceptors (Lipinski definition) is 6. The lowest BCUT2D eigenvalue weighted by molar-refractivity contribution is -0.184. The van der Waals surface area contributed by atoms with Crippen LogP contribution in [0.1, 0.15) is 32.6 Å². The van der Waals surface area contributed by atoms with Crippen molar-refractivity contribution in [3.8, 4) is 0 Å². The van der Waals surface area contributed by atoms with Gasteiger partial charge in [-0.15, -0.1) is 0 Å². The van der Waals surface area contributed by atoms with Gasteiger partial charge in [0, 0.05) is 71.5 Å². The van der Waals surface area contributed by atoms with E-state index in [2.05, 4.69) is 15.1 Å². The van der Waals surface area contributed by atoms with Crippen molar-refractivity contribution in [2.45, 2.75) is 44.2 Å². The predicted molar refractivity (Wildman–Crippen MR) is 136 cm³/mol. The molecule has 0 unspecified atom stereocenters. The van der Waals surface area contributed by atoms with Gasteiger partial charge < -0.3 is 24.8 Å². The van der Waals surface area contributed by atoms with E-state index in [0.29, 0.717) is 25.9 Å². The third-order valence-corrected chi connectivity index (χ3v) is 9.01. The van der Waals surface area contributed by atoms with Gasteiger partial charge in [-0.1, -0.05) is 0 Å². The standard InChI is InChI=1S/C27H38FN5O4/c1-20(34)30(2)27(18-37-19-27)25(36)33-11-8-26(9-12-33)17-22(29-24(26)35)7-10-31-13-15-32(16-14-31)23-5-3-21(28)4-6-23/h3-6,22H,7-19H2,1-2H3,(H,29,35)/t22-/m0/s1. The average molecular weight is 516 g/mol. The Balaban J connectivity index is 1.09. The number of piperazine rings is 1. The minimum Gasteiger partial charge on any atom is -0.375 e. The van der Waals surface area contributed by atoms with Gasteiger partial charge in [-0.25, -0.2) is 4.39 Å². The van der Waals surface area contributed by atoms with Gasteiger partial charge in [0.2, 0.25) is 11.8 Å².